The Morgan fingerprint density at radius 1 is 1.19 bits per heavy atom. The lowest BCUT2D eigenvalue weighted by Crippen LogP contribution is -2.39. The Morgan fingerprint density at radius 2 is 1.97 bits per heavy atom. The second kappa shape index (κ2) is 9.91. The number of hydrogen-bond donors (Lipinski definition) is 1. The minimum Gasteiger partial charge on any atom is -0.492 e. The highest BCUT2D eigenvalue weighted by Crippen LogP contribution is 2.33. The topological polar surface area (TPSA) is 79.0 Å². The number of hydrogen-bond acceptors (Lipinski definition) is 6. The Hall–Kier alpha value is -1.94. The number of sulfonamides is 1. The fraction of sp³-hybridized carbons (Fsp3) is 0.522. The molecule has 1 amide bonds. The lowest BCUT2D eigenvalue weighted by atomic mass is 10.0. The van der Waals surface area contributed by atoms with Crippen molar-refractivity contribution in [2.24, 2.45) is 0 Å². The van der Waals surface area contributed by atoms with Gasteiger partial charge in [-0.1, -0.05) is 6.42 Å². The molecule has 0 saturated carbocycles. The van der Waals surface area contributed by atoms with Gasteiger partial charge < -0.3 is 10.1 Å². The summed E-state index contributed by atoms with van der Waals surface area (Å²) in [6, 6.07) is 7.19. The van der Waals surface area contributed by atoms with Gasteiger partial charge >= 0.3 is 0 Å². The van der Waals surface area contributed by atoms with Gasteiger partial charge in [0.2, 0.25) is 15.9 Å². The van der Waals surface area contributed by atoms with Crippen LogP contribution in [0.25, 0.3) is 0 Å². The molecule has 0 aliphatic carbocycles. The Balaban J connectivity index is 1.50. The number of amides is 1. The number of nitrogens with zero attached hydrogens (tertiary/aromatic N) is 2. The summed E-state index contributed by atoms with van der Waals surface area (Å²) in [7, 11) is -3.69. The lowest BCUT2D eigenvalue weighted by Gasteiger charge is -2.33. The number of carbonyl (C=O) groups is 1. The summed E-state index contributed by atoms with van der Waals surface area (Å²) in [6.45, 7) is 6.44. The summed E-state index contributed by atoms with van der Waals surface area (Å²) in [5.74, 6) is 0.173. The van der Waals surface area contributed by atoms with E-state index in [4.69, 9.17) is 4.74 Å². The Labute approximate surface area is 194 Å². The SMILES string of the molecule is CCOc1ccc(NC(=O)CN2CCc3sccc3C2C)cc1S(=O)(=O)N1CCCCC1. The number of piperidine rings is 1. The molecule has 7 nitrogen and oxygen atoms in total. The van der Waals surface area contributed by atoms with Crippen LogP contribution in [0.2, 0.25) is 0 Å². The van der Waals surface area contributed by atoms with Crippen LogP contribution in [0.3, 0.4) is 0 Å². The highest BCUT2D eigenvalue weighted by Gasteiger charge is 2.30. The molecule has 1 aromatic heterocycles. The first kappa shape index (κ1) is 23.2. The number of carbonyl (C=O) groups excluding carboxylic acids is 1. The summed E-state index contributed by atoms with van der Waals surface area (Å²) >= 11 is 1.77. The maximum Gasteiger partial charge on any atom is 0.246 e. The molecule has 0 bridgehead atoms. The zero-order chi connectivity index (χ0) is 22.7. The van der Waals surface area contributed by atoms with Crippen molar-refractivity contribution in [2.45, 2.75) is 50.5 Å². The maximum atomic E-state index is 13.3. The van der Waals surface area contributed by atoms with Crippen molar-refractivity contribution in [1.82, 2.24) is 9.21 Å². The van der Waals surface area contributed by atoms with Gasteiger partial charge in [0.05, 0.1) is 13.2 Å². The Bertz CT molecular complexity index is 1060. The number of ether oxygens (including phenoxy) is 1. The molecule has 1 unspecified atom stereocenters. The van der Waals surface area contributed by atoms with Crippen LogP contribution in [0.1, 0.15) is 49.6 Å². The molecule has 4 rings (SSSR count). The van der Waals surface area contributed by atoms with Gasteiger partial charge in [0.25, 0.3) is 0 Å². The van der Waals surface area contributed by atoms with Gasteiger partial charge in [-0.25, -0.2) is 8.42 Å². The standard InChI is InChI=1S/C23H31N3O4S2/c1-3-30-20-8-7-18(15-22(20)32(28,29)26-11-5-4-6-12-26)24-23(27)16-25-13-9-21-19(17(25)2)10-14-31-21/h7-8,10,14-15,17H,3-6,9,11-13,16H2,1-2H3,(H,24,27). The molecule has 0 radical (unpaired) electrons. The molecule has 0 spiro atoms. The van der Waals surface area contributed by atoms with Gasteiger partial charge in [-0.05, 0) is 68.3 Å². The van der Waals surface area contributed by atoms with Gasteiger partial charge in [-0.3, -0.25) is 9.69 Å². The van der Waals surface area contributed by atoms with Crippen LogP contribution in [0, 0.1) is 0 Å². The minimum absolute atomic E-state index is 0.119. The number of fused-ring (bicyclic) bond motifs is 1. The number of nitrogens with one attached hydrogen (secondary N) is 1. The molecule has 2 aromatic rings. The molecular weight excluding hydrogens is 446 g/mol. The first-order valence-corrected chi connectivity index (χ1v) is 13.6. The van der Waals surface area contributed by atoms with Crippen molar-refractivity contribution in [3.05, 3.63) is 40.1 Å². The fourth-order valence-electron chi connectivity index (χ4n) is 4.47. The van der Waals surface area contributed by atoms with E-state index in [1.807, 2.05) is 6.92 Å². The van der Waals surface area contributed by atoms with Gasteiger partial charge in [0, 0.05) is 36.2 Å². The van der Waals surface area contributed by atoms with Gasteiger partial charge in [0.15, 0.2) is 0 Å². The minimum atomic E-state index is -3.69. The average Bonchev–Trinajstić information content (AvgIpc) is 3.27. The molecule has 174 valence electrons. The van der Waals surface area contributed by atoms with Crippen molar-refractivity contribution in [3.63, 3.8) is 0 Å². The Morgan fingerprint density at radius 3 is 2.72 bits per heavy atom. The number of benzene rings is 1. The summed E-state index contributed by atoms with van der Waals surface area (Å²) in [5, 5.41) is 5.00. The normalized spacial score (nSPS) is 20.0. The first-order chi connectivity index (χ1) is 15.4. The molecule has 1 fully saturated rings. The number of rotatable bonds is 7. The van der Waals surface area contributed by atoms with Crippen LogP contribution >= 0.6 is 11.3 Å². The van der Waals surface area contributed by atoms with Crippen LogP contribution in [-0.4, -0.2) is 56.3 Å². The van der Waals surface area contributed by atoms with E-state index >= 15 is 0 Å². The smallest absolute Gasteiger partial charge is 0.246 e. The molecule has 1 saturated heterocycles. The van der Waals surface area contributed by atoms with Gasteiger partial charge in [0.1, 0.15) is 10.6 Å². The van der Waals surface area contributed by atoms with E-state index in [0.29, 0.717) is 31.1 Å². The highest BCUT2D eigenvalue weighted by atomic mass is 32.2. The third-order valence-corrected chi connectivity index (χ3v) is 9.13. The third-order valence-electron chi connectivity index (χ3n) is 6.21. The van der Waals surface area contributed by atoms with E-state index in [0.717, 1.165) is 32.2 Å². The van der Waals surface area contributed by atoms with Gasteiger partial charge in [-0.15, -0.1) is 11.3 Å². The molecule has 1 atom stereocenters. The van der Waals surface area contributed by atoms with Crippen LogP contribution in [0.15, 0.2) is 34.5 Å². The fourth-order valence-corrected chi connectivity index (χ4v) is 7.11. The van der Waals surface area contributed by atoms with Crippen molar-refractivity contribution in [3.8, 4) is 5.75 Å². The van der Waals surface area contributed by atoms with Crippen molar-refractivity contribution in [2.75, 3.05) is 38.1 Å². The second-order valence-corrected chi connectivity index (χ2v) is 11.2. The zero-order valence-electron chi connectivity index (χ0n) is 18.7. The maximum absolute atomic E-state index is 13.3. The quantitative estimate of drug-likeness (QED) is 0.655. The van der Waals surface area contributed by atoms with Crippen LogP contribution < -0.4 is 10.1 Å². The van der Waals surface area contributed by atoms with Gasteiger partial charge in [-0.2, -0.15) is 4.31 Å². The van der Waals surface area contributed by atoms with Crippen molar-refractivity contribution >= 4 is 33.0 Å². The lowest BCUT2D eigenvalue weighted by molar-refractivity contribution is -0.117. The average molecular weight is 478 g/mol. The third kappa shape index (κ3) is 4.85. The summed E-state index contributed by atoms with van der Waals surface area (Å²) in [6.07, 6.45) is 3.72. The number of thiophene rings is 1. The van der Waals surface area contributed by atoms with E-state index in [1.54, 1.807) is 23.5 Å². The van der Waals surface area contributed by atoms with Crippen molar-refractivity contribution in [1.29, 1.82) is 0 Å². The number of anilines is 1. The molecule has 1 aromatic carbocycles. The molecule has 2 aliphatic rings. The van der Waals surface area contributed by atoms with E-state index in [-0.39, 0.29) is 23.4 Å². The zero-order valence-corrected chi connectivity index (χ0v) is 20.3. The van der Waals surface area contributed by atoms with Crippen LogP contribution in [0.5, 0.6) is 5.75 Å². The summed E-state index contributed by atoms with van der Waals surface area (Å²) in [5.41, 5.74) is 1.76. The van der Waals surface area contributed by atoms with Crippen LogP contribution in [0.4, 0.5) is 5.69 Å². The predicted octanol–water partition coefficient (Wildman–Crippen LogP) is 3.88. The summed E-state index contributed by atoms with van der Waals surface area (Å²) in [4.78, 5) is 16.5. The molecule has 1 N–H and O–H groups in total. The second-order valence-electron chi connectivity index (χ2n) is 8.30. The molecule has 32 heavy (non-hydrogen) atoms. The molecule has 9 heteroatoms. The monoisotopic (exact) mass is 477 g/mol. The van der Waals surface area contributed by atoms with E-state index in [9.17, 15) is 13.2 Å². The predicted molar refractivity (Wildman–Crippen MR) is 127 cm³/mol. The largest absolute Gasteiger partial charge is 0.492 e. The molecule has 2 aliphatic heterocycles. The van der Waals surface area contributed by atoms with Crippen LogP contribution in [-0.2, 0) is 21.2 Å². The highest BCUT2D eigenvalue weighted by molar-refractivity contribution is 7.89. The van der Waals surface area contributed by atoms with E-state index in [2.05, 4.69) is 28.6 Å². The summed E-state index contributed by atoms with van der Waals surface area (Å²) < 4.78 is 33.7. The van der Waals surface area contributed by atoms with E-state index < -0.39 is 10.0 Å². The van der Waals surface area contributed by atoms with Crippen molar-refractivity contribution < 1.29 is 17.9 Å². The Kier molecular flexibility index (Phi) is 7.19. The molecular formula is C23H31N3O4S2. The van der Waals surface area contributed by atoms with E-state index in [1.165, 1.54) is 20.8 Å². The first-order valence-electron chi connectivity index (χ1n) is 11.3. The molecule has 3 heterocycles.